The average Bonchev–Trinajstić information content (AvgIpc) is 2.29. The molecule has 0 fully saturated rings. The Morgan fingerprint density at radius 1 is 1.35 bits per heavy atom. The van der Waals surface area contributed by atoms with E-state index in [1.807, 2.05) is 6.92 Å². The molecule has 1 aromatic rings. The first-order chi connectivity index (χ1) is 8.10. The molecule has 17 heavy (non-hydrogen) atoms. The molecule has 1 N–H and O–H groups in total. The molecule has 0 radical (unpaired) electrons. The van der Waals surface area contributed by atoms with Crippen molar-refractivity contribution in [1.82, 2.24) is 0 Å². The lowest BCUT2D eigenvalue weighted by Crippen LogP contribution is -2.11. The molecule has 0 aliphatic heterocycles. The first-order valence-electron chi connectivity index (χ1n) is 5.21. The second-order valence-corrected chi connectivity index (χ2v) is 3.37. The highest BCUT2D eigenvalue weighted by atomic mass is 16.6. The van der Waals surface area contributed by atoms with Gasteiger partial charge in [-0.3, -0.25) is 4.79 Å². The van der Waals surface area contributed by atoms with Gasteiger partial charge in [0.25, 0.3) is 0 Å². The molecule has 92 valence electrons. The molecule has 0 bridgehead atoms. The van der Waals surface area contributed by atoms with Gasteiger partial charge < -0.3 is 14.6 Å². The number of ether oxygens (including phenoxy) is 2. The molecule has 0 amide bonds. The number of benzene rings is 1. The average molecular weight is 238 g/mol. The van der Waals surface area contributed by atoms with Gasteiger partial charge in [-0.05, 0) is 18.6 Å². The predicted octanol–water partition coefficient (Wildman–Crippen LogP) is 2.10. The van der Waals surface area contributed by atoms with Gasteiger partial charge in [-0.1, -0.05) is 13.0 Å². The summed E-state index contributed by atoms with van der Waals surface area (Å²) in [5.74, 6) is -1.45. The third kappa shape index (κ3) is 3.21. The van der Waals surface area contributed by atoms with E-state index in [1.165, 1.54) is 19.2 Å². The Morgan fingerprint density at radius 3 is 2.59 bits per heavy atom. The van der Waals surface area contributed by atoms with E-state index in [-0.39, 0.29) is 23.5 Å². The molecule has 0 heterocycles. The first kappa shape index (κ1) is 13.0. The zero-order valence-electron chi connectivity index (χ0n) is 9.73. The van der Waals surface area contributed by atoms with Crippen LogP contribution in [0.25, 0.3) is 0 Å². The SMILES string of the molecule is CCCC(=O)Oc1c(OC)cccc1C(=O)O. The van der Waals surface area contributed by atoms with Gasteiger partial charge >= 0.3 is 11.9 Å². The van der Waals surface area contributed by atoms with Gasteiger partial charge in [0, 0.05) is 6.42 Å². The summed E-state index contributed by atoms with van der Waals surface area (Å²) in [6.45, 7) is 1.83. The predicted molar refractivity (Wildman–Crippen MR) is 60.5 cm³/mol. The second kappa shape index (κ2) is 5.89. The molecule has 0 aliphatic carbocycles. The minimum atomic E-state index is -1.16. The quantitative estimate of drug-likeness (QED) is 0.628. The Morgan fingerprint density at radius 2 is 2.06 bits per heavy atom. The number of aromatic carboxylic acids is 1. The maximum Gasteiger partial charge on any atom is 0.339 e. The number of esters is 1. The molecule has 0 spiro atoms. The van der Waals surface area contributed by atoms with Crippen LogP contribution in [0.2, 0.25) is 0 Å². The van der Waals surface area contributed by atoms with E-state index in [0.717, 1.165) is 0 Å². The van der Waals surface area contributed by atoms with Crippen molar-refractivity contribution in [1.29, 1.82) is 0 Å². The third-order valence-electron chi connectivity index (χ3n) is 2.10. The molecule has 1 aromatic carbocycles. The summed E-state index contributed by atoms with van der Waals surface area (Å²) in [6, 6.07) is 4.43. The largest absolute Gasteiger partial charge is 0.493 e. The summed E-state index contributed by atoms with van der Waals surface area (Å²) >= 11 is 0. The summed E-state index contributed by atoms with van der Waals surface area (Å²) in [4.78, 5) is 22.4. The Labute approximate surface area is 99.0 Å². The number of hydrogen-bond donors (Lipinski definition) is 1. The molecule has 0 atom stereocenters. The molecule has 0 unspecified atom stereocenters. The van der Waals surface area contributed by atoms with Crippen LogP contribution in [-0.2, 0) is 4.79 Å². The van der Waals surface area contributed by atoms with Crippen molar-refractivity contribution < 1.29 is 24.2 Å². The third-order valence-corrected chi connectivity index (χ3v) is 2.10. The number of carbonyl (C=O) groups excluding carboxylic acids is 1. The van der Waals surface area contributed by atoms with Gasteiger partial charge in [-0.25, -0.2) is 4.79 Å². The Hall–Kier alpha value is -2.04. The summed E-state index contributed by atoms with van der Waals surface area (Å²) in [5.41, 5.74) is -0.0891. The molecular formula is C12H14O5. The minimum Gasteiger partial charge on any atom is -0.493 e. The molecule has 0 aromatic heterocycles. The number of carboxylic acid groups (broad SMARTS) is 1. The van der Waals surface area contributed by atoms with Crippen LogP contribution in [0.4, 0.5) is 0 Å². The summed E-state index contributed by atoms with van der Waals surface area (Å²) in [6.07, 6.45) is 0.869. The van der Waals surface area contributed by atoms with E-state index in [9.17, 15) is 9.59 Å². The fourth-order valence-electron chi connectivity index (χ4n) is 1.32. The highest BCUT2D eigenvalue weighted by Gasteiger charge is 2.18. The molecule has 0 saturated carbocycles. The van der Waals surface area contributed by atoms with Crippen molar-refractivity contribution in [2.45, 2.75) is 19.8 Å². The van der Waals surface area contributed by atoms with Crippen LogP contribution in [0.3, 0.4) is 0 Å². The lowest BCUT2D eigenvalue weighted by atomic mass is 10.2. The van der Waals surface area contributed by atoms with Gasteiger partial charge in [0.2, 0.25) is 0 Å². The van der Waals surface area contributed by atoms with E-state index >= 15 is 0 Å². The number of rotatable bonds is 5. The van der Waals surface area contributed by atoms with Gasteiger partial charge in [0.05, 0.1) is 7.11 Å². The minimum absolute atomic E-state index is 0.0408. The van der Waals surface area contributed by atoms with Crippen LogP contribution in [0.15, 0.2) is 18.2 Å². The van der Waals surface area contributed by atoms with Crippen molar-refractivity contribution in [3.63, 3.8) is 0 Å². The van der Waals surface area contributed by atoms with E-state index < -0.39 is 11.9 Å². The molecule has 5 nitrogen and oxygen atoms in total. The van der Waals surface area contributed by atoms with E-state index in [0.29, 0.717) is 6.42 Å². The second-order valence-electron chi connectivity index (χ2n) is 3.37. The topological polar surface area (TPSA) is 72.8 Å². The fourth-order valence-corrected chi connectivity index (χ4v) is 1.32. The van der Waals surface area contributed by atoms with Crippen LogP contribution < -0.4 is 9.47 Å². The molecule has 0 saturated heterocycles. The van der Waals surface area contributed by atoms with Crippen molar-refractivity contribution in [2.75, 3.05) is 7.11 Å². The van der Waals surface area contributed by atoms with Crippen molar-refractivity contribution in [3.8, 4) is 11.5 Å². The normalized spacial score (nSPS) is 9.76. The Bertz CT molecular complexity index is 425. The first-order valence-corrected chi connectivity index (χ1v) is 5.21. The zero-order chi connectivity index (χ0) is 12.8. The van der Waals surface area contributed by atoms with Crippen LogP contribution in [0.1, 0.15) is 30.1 Å². The van der Waals surface area contributed by atoms with Crippen LogP contribution in [0.5, 0.6) is 11.5 Å². The molecular weight excluding hydrogens is 224 g/mol. The number of carbonyl (C=O) groups is 2. The Balaban J connectivity index is 3.09. The van der Waals surface area contributed by atoms with E-state index in [2.05, 4.69) is 0 Å². The standard InChI is InChI=1S/C12H14O5/c1-3-5-10(13)17-11-8(12(14)15)6-4-7-9(11)16-2/h4,6-7H,3,5H2,1-2H3,(H,14,15). The number of methoxy groups -OCH3 is 1. The van der Waals surface area contributed by atoms with Gasteiger partial charge in [0.1, 0.15) is 5.56 Å². The van der Waals surface area contributed by atoms with Crippen molar-refractivity contribution >= 4 is 11.9 Å². The monoisotopic (exact) mass is 238 g/mol. The van der Waals surface area contributed by atoms with Gasteiger partial charge in [-0.15, -0.1) is 0 Å². The highest BCUT2D eigenvalue weighted by Crippen LogP contribution is 2.31. The maximum absolute atomic E-state index is 11.4. The molecule has 1 rings (SSSR count). The number of para-hydroxylation sites is 1. The maximum atomic E-state index is 11.4. The van der Waals surface area contributed by atoms with Crippen molar-refractivity contribution in [3.05, 3.63) is 23.8 Å². The lowest BCUT2D eigenvalue weighted by Gasteiger charge is -2.11. The van der Waals surface area contributed by atoms with Crippen LogP contribution >= 0.6 is 0 Å². The molecule has 0 aliphatic rings. The summed E-state index contributed by atoms with van der Waals surface area (Å²) in [5, 5.41) is 8.98. The molecule has 5 heteroatoms. The zero-order valence-corrected chi connectivity index (χ0v) is 9.73. The lowest BCUT2D eigenvalue weighted by molar-refractivity contribution is -0.134. The summed E-state index contributed by atoms with van der Waals surface area (Å²) in [7, 11) is 1.39. The Kier molecular flexibility index (Phi) is 4.51. The number of carboxylic acids is 1. The van der Waals surface area contributed by atoms with Crippen molar-refractivity contribution in [2.24, 2.45) is 0 Å². The fraction of sp³-hybridized carbons (Fsp3) is 0.333. The van der Waals surface area contributed by atoms with Gasteiger partial charge in [-0.2, -0.15) is 0 Å². The van der Waals surface area contributed by atoms with Gasteiger partial charge in [0.15, 0.2) is 11.5 Å². The highest BCUT2D eigenvalue weighted by molar-refractivity contribution is 5.93. The number of hydrogen-bond acceptors (Lipinski definition) is 4. The van der Waals surface area contributed by atoms with Crippen LogP contribution in [0, 0.1) is 0 Å². The smallest absolute Gasteiger partial charge is 0.339 e. The van der Waals surface area contributed by atoms with Crippen LogP contribution in [-0.4, -0.2) is 24.2 Å². The summed E-state index contributed by atoms with van der Waals surface area (Å²) < 4.78 is 10.00. The van der Waals surface area contributed by atoms with E-state index in [4.69, 9.17) is 14.6 Å². The van der Waals surface area contributed by atoms with E-state index in [1.54, 1.807) is 6.07 Å².